The molecule has 1 fully saturated rings. The number of imidazole rings is 1. The van der Waals surface area contributed by atoms with Gasteiger partial charge in [-0.15, -0.1) is 0 Å². The second-order valence-corrected chi connectivity index (χ2v) is 6.02. The summed E-state index contributed by atoms with van der Waals surface area (Å²) in [4.78, 5) is 33.3. The first-order chi connectivity index (χ1) is 11.5. The smallest absolute Gasteiger partial charge is 0.321 e. The van der Waals surface area contributed by atoms with E-state index in [1.165, 1.54) is 12.3 Å². The molecule has 2 aromatic rings. The minimum absolute atomic E-state index is 0.167. The molecule has 2 aromatic heterocycles. The van der Waals surface area contributed by atoms with Crippen molar-refractivity contribution in [1.82, 2.24) is 19.4 Å². The van der Waals surface area contributed by atoms with Crippen LogP contribution < -0.4 is 11.1 Å². The Balaban J connectivity index is 1.65. The lowest BCUT2D eigenvalue weighted by Gasteiger charge is -2.37. The molecular formula is C16H20N6O2. The van der Waals surface area contributed by atoms with E-state index in [1.807, 2.05) is 10.8 Å². The fourth-order valence-corrected chi connectivity index (χ4v) is 2.90. The van der Waals surface area contributed by atoms with E-state index in [0.717, 1.165) is 6.42 Å². The number of anilines is 1. The maximum atomic E-state index is 12.5. The lowest BCUT2D eigenvalue weighted by Crippen LogP contribution is -2.45. The number of likely N-dealkylation sites (tertiary alicyclic amines) is 1. The molecule has 3 heterocycles. The molecule has 0 saturated carbocycles. The summed E-state index contributed by atoms with van der Waals surface area (Å²) >= 11 is 0. The molecule has 3 amide bonds. The Bertz CT molecular complexity index is 713. The third kappa shape index (κ3) is 3.37. The highest BCUT2D eigenvalue weighted by atomic mass is 16.2. The van der Waals surface area contributed by atoms with Crippen molar-refractivity contribution in [1.29, 1.82) is 0 Å². The molecule has 1 saturated heterocycles. The highest BCUT2D eigenvalue weighted by molar-refractivity contribution is 5.92. The van der Waals surface area contributed by atoms with Crippen LogP contribution in [-0.4, -0.2) is 44.5 Å². The lowest BCUT2D eigenvalue weighted by atomic mass is 9.93. The number of primary amides is 1. The summed E-state index contributed by atoms with van der Waals surface area (Å²) in [6, 6.07) is 3.14. The van der Waals surface area contributed by atoms with Crippen LogP contribution in [0.4, 0.5) is 10.5 Å². The molecule has 0 unspecified atom stereocenters. The summed E-state index contributed by atoms with van der Waals surface area (Å²) in [7, 11) is 0. The first-order valence-corrected chi connectivity index (χ1v) is 7.84. The molecule has 0 radical (unpaired) electrons. The van der Waals surface area contributed by atoms with Gasteiger partial charge in [-0.1, -0.05) is 6.92 Å². The molecule has 0 bridgehead atoms. The fourth-order valence-electron chi connectivity index (χ4n) is 2.90. The zero-order valence-electron chi connectivity index (χ0n) is 13.4. The van der Waals surface area contributed by atoms with E-state index >= 15 is 0 Å². The average Bonchev–Trinajstić information content (AvgIpc) is 3.10. The van der Waals surface area contributed by atoms with Crippen LogP contribution in [0.25, 0.3) is 0 Å². The van der Waals surface area contributed by atoms with E-state index in [0.29, 0.717) is 24.7 Å². The van der Waals surface area contributed by atoms with Gasteiger partial charge in [-0.3, -0.25) is 4.79 Å². The Morgan fingerprint density at radius 3 is 2.83 bits per heavy atom. The predicted molar refractivity (Wildman–Crippen MR) is 88.4 cm³/mol. The molecule has 8 nitrogen and oxygen atoms in total. The molecule has 0 spiro atoms. The number of urea groups is 1. The van der Waals surface area contributed by atoms with Gasteiger partial charge in [0.1, 0.15) is 5.69 Å². The molecule has 3 N–H and O–H groups in total. The van der Waals surface area contributed by atoms with Crippen molar-refractivity contribution >= 4 is 17.6 Å². The average molecular weight is 328 g/mol. The molecule has 2 atom stereocenters. The third-order valence-electron chi connectivity index (χ3n) is 4.38. The number of pyridine rings is 1. The normalized spacial score (nSPS) is 20.6. The van der Waals surface area contributed by atoms with Gasteiger partial charge in [-0.2, -0.15) is 0 Å². The van der Waals surface area contributed by atoms with Crippen LogP contribution in [0.1, 0.15) is 29.9 Å². The van der Waals surface area contributed by atoms with E-state index in [4.69, 9.17) is 5.73 Å². The largest absolute Gasteiger partial charge is 0.364 e. The van der Waals surface area contributed by atoms with Gasteiger partial charge in [0.05, 0.1) is 24.3 Å². The lowest BCUT2D eigenvalue weighted by molar-refractivity contribution is 0.0995. The number of rotatable bonds is 3. The Morgan fingerprint density at radius 1 is 1.38 bits per heavy atom. The number of amides is 3. The molecular weight excluding hydrogens is 308 g/mol. The SMILES string of the molecule is C[C@H]1CCN(C(=O)Nc2ccc(C(N)=O)nc2)C[C@@H]1n1ccnc1. The summed E-state index contributed by atoms with van der Waals surface area (Å²) in [6.45, 7) is 3.51. The maximum Gasteiger partial charge on any atom is 0.321 e. The number of nitrogens with one attached hydrogen (secondary N) is 1. The zero-order valence-corrected chi connectivity index (χ0v) is 13.4. The van der Waals surface area contributed by atoms with E-state index in [1.54, 1.807) is 23.5 Å². The Morgan fingerprint density at radius 2 is 2.21 bits per heavy atom. The van der Waals surface area contributed by atoms with Gasteiger partial charge in [-0.05, 0) is 24.5 Å². The summed E-state index contributed by atoms with van der Waals surface area (Å²) in [5, 5.41) is 2.81. The highest BCUT2D eigenvalue weighted by Gasteiger charge is 2.29. The first-order valence-electron chi connectivity index (χ1n) is 7.84. The Hall–Kier alpha value is -2.90. The topological polar surface area (TPSA) is 106 Å². The van der Waals surface area contributed by atoms with E-state index < -0.39 is 5.91 Å². The highest BCUT2D eigenvalue weighted by Crippen LogP contribution is 2.27. The standard InChI is InChI=1S/C16H20N6O2/c1-11-4-6-21(9-14(11)22-7-5-18-10-22)16(24)20-12-2-3-13(15(17)23)19-8-12/h2-3,5,7-8,10-11,14H,4,6,9H2,1H3,(H2,17,23)(H,20,24)/t11-,14-/m0/s1. The summed E-state index contributed by atoms with van der Waals surface area (Å²) in [5.74, 6) is -0.124. The molecule has 8 heteroatoms. The van der Waals surface area contributed by atoms with Crippen LogP contribution in [0, 0.1) is 5.92 Å². The van der Waals surface area contributed by atoms with Crippen molar-refractivity contribution in [3.8, 4) is 0 Å². The number of piperidine rings is 1. The molecule has 0 aromatic carbocycles. The number of nitrogens with zero attached hydrogens (tertiary/aromatic N) is 4. The van der Waals surface area contributed by atoms with Crippen LogP contribution in [-0.2, 0) is 0 Å². The fraction of sp³-hybridized carbons (Fsp3) is 0.375. The molecule has 126 valence electrons. The summed E-state index contributed by atoms with van der Waals surface area (Å²) < 4.78 is 2.05. The van der Waals surface area contributed by atoms with Gasteiger partial charge in [0, 0.05) is 25.5 Å². The van der Waals surface area contributed by atoms with Crippen molar-refractivity contribution in [2.45, 2.75) is 19.4 Å². The van der Waals surface area contributed by atoms with Crippen LogP contribution in [0.3, 0.4) is 0 Å². The number of hydrogen-bond donors (Lipinski definition) is 2. The minimum Gasteiger partial charge on any atom is -0.364 e. The van der Waals surface area contributed by atoms with Gasteiger partial charge in [0.25, 0.3) is 5.91 Å². The van der Waals surface area contributed by atoms with E-state index in [9.17, 15) is 9.59 Å². The van der Waals surface area contributed by atoms with Gasteiger partial charge in [0.15, 0.2) is 0 Å². The molecule has 0 aliphatic carbocycles. The molecule has 1 aliphatic heterocycles. The molecule has 24 heavy (non-hydrogen) atoms. The quantitative estimate of drug-likeness (QED) is 0.890. The van der Waals surface area contributed by atoms with Crippen LogP contribution in [0.5, 0.6) is 0 Å². The Kier molecular flexibility index (Phi) is 4.45. The van der Waals surface area contributed by atoms with Crippen LogP contribution in [0.2, 0.25) is 0 Å². The van der Waals surface area contributed by atoms with Gasteiger partial charge >= 0.3 is 6.03 Å². The van der Waals surface area contributed by atoms with Gasteiger partial charge < -0.3 is 20.5 Å². The minimum atomic E-state index is -0.596. The van der Waals surface area contributed by atoms with Crippen LogP contribution in [0.15, 0.2) is 37.1 Å². The van der Waals surface area contributed by atoms with E-state index in [2.05, 4.69) is 22.2 Å². The second-order valence-electron chi connectivity index (χ2n) is 6.02. The van der Waals surface area contributed by atoms with Gasteiger partial charge in [0.2, 0.25) is 0 Å². The van der Waals surface area contributed by atoms with Crippen LogP contribution >= 0.6 is 0 Å². The van der Waals surface area contributed by atoms with Crippen molar-refractivity contribution in [2.24, 2.45) is 11.7 Å². The maximum absolute atomic E-state index is 12.5. The zero-order chi connectivity index (χ0) is 17.1. The Labute approximate surface area is 139 Å². The number of carbonyl (C=O) groups is 2. The van der Waals surface area contributed by atoms with Crippen molar-refractivity contribution < 1.29 is 9.59 Å². The molecule has 3 rings (SSSR count). The second kappa shape index (κ2) is 6.69. The van der Waals surface area contributed by atoms with Crippen molar-refractivity contribution in [2.75, 3.05) is 18.4 Å². The number of nitrogens with two attached hydrogens (primary N) is 1. The van der Waals surface area contributed by atoms with Crippen molar-refractivity contribution in [3.05, 3.63) is 42.7 Å². The first kappa shape index (κ1) is 16.0. The summed E-state index contributed by atoms with van der Waals surface area (Å²) in [6.07, 6.45) is 7.81. The number of aromatic nitrogens is 3. The number of hydrogen-bond acceptors (Lipinski definition) is 4. The predicted octanol–water partition coefficient (Wildman–Crippen LogP) is 1.49. The van der Waals surface area contributed by atoms with Crippen molar-refractivity contribution in [3.63, 3.8) is 0 Å². The monoisotopic (exact) mass is 328 g/mol. The summed E-state index contributed by atoms with van der Waals surface area (Å²) in [5.41, 5.74) is 5.85. The molecule has 1 aliphatic rings. The van der Waals surface area contributed by atoms with Gasteiger partial charge in [-0.25, -0.2) is 14.8 Å². The van der Waals surface area contributed by atoms with E-state index in [-0.39, 0.29) is 17.8 Å². The number of carbonyl (C=O) groups excluding carboxylic acids is 2. The third-order valence-corrected chi connectivity index (χ3v) is 4.38.